The lowest BCUT2D eigenvalue weighted by Crippen LogP contribution is -2.38. The Bertz CT molecular complexity index is 859. The summed E-state index contributed by atoms with van der Waals surface area (Å²) < 4.78 is 36.9. The highest BCUT2D eigenvalue weighted by Crippen LogP contribution is 2.20. The van der Waals surface area contributed by atoms with Crippen LogP contribution in [0.4, 0.5) is 5.69 Å². The standard InChI is InChI=1S/C18H20N2O5S/c1-2-19-26(22,23)17-9-3-13(4-10-17)18(21)20-14-5-7-15(8-6-14)25-16-11-24-12-16/h3-10,16,19H,2,11-12H2,1H3,(H,20,21). The molecule has 26 heavy (non-hydrogen) atoms. The Morgan fingerprint density at radius 3 is 2.31 bits per heavy atom. The molecule has 1 aliphatic rings. The molecule has 1 fully saturated rings. The Labute approximate surface area is 152 Å². The molecule has 138 valence electrons. The highest BCUT2D eigenvalue weighted by Gasteiger charge is 2.20. The molecule has 2 aromatic carbocycles. The zero-order valence-corrected chi connectivity index (χ0v) is 15.1. The highest BCUT2D eigenvalue weighted by molar-refractivity contribution is 7.89. The van der Waals surface area contributed by atoms with E-state index in [2.05, 4.69) is 10.0 Å². The highest BCUT2D eigenvalue weighted by atomic mass is 32.2. The first kappa shape index (κ1) is 18.4. The van der Waals surface area contributed by atoms with E-state index in [-0.39, 0.29) is 16.9 Å². The molecule has 2 aromatic rings. The molecule has 0 saturated carbocycles. The molecular weight excluding hydrogens is 356 g/mol. The molecule has 1 heterocycles. The second-order valence-corrected chi connectivity index (χ2v) is 7.55. The molecule has 0 radical (unpaired) electrons. The van der Waals surface area contributed by atoms with Crippen LogP contribution in [-0.4, -0.2) is 40.2 Å². The number of nitrogens with one attached hydrogen (secondary N) is 2. The van der Waals surface area contributed by atoms with Crippen LogP contribution in [0.3, 0.4) is 0 Å². The number of rotatable bonds is 7. The predicted octanol–water partition coefficient (Wildman–Crippen LogP) is 2.01. The van der Waals surface area contributed by atoms with Crippen LogP contribution in [-0.2, 0) is 14.8 Å². The topological polar surface area (TPSA) is 93.7 Å². The van der Waals surface area contributed by atoms with E-state index >= 15 is 0 Å². The van der Waals surface area contributed by atoms with Crippen LogP contribution in [0.1, 0.15) is 17.3 Å². The molecular formula is C18H20N2O5S. The fourth-order valence-electron chi connectivity index (χ4n) is 2.35. The van der Waals surface area contributed by atoms with E-state index in [4.69, 9.17) is 9.47 Å². The van der Waals surface area contributed by atoms with Gasteiger partial charge in [-0.3, -0.25) is 4.79 Å². The Balaban J connectivity index is 1.62. The van der Waals surface area contributed by atoms with Crippen LogP contribution < -0.4 is 14.8 Å². The fourth-order valence-corrected chi connectivity index (χ4v) is 3.39. The van der Waals surface area contributed by atoms with Gasteiger partial charge in [-0.15, -0.1) is 0 Å². The van der Waals surface area contributed by atoms with Gasteiger partial charge in [0.2, 0.25) is 10.0 Å². The van der Waals surface area contributed by atoms with Crippen LogP contribution in [0.25, 0.3) is 0 Å². The molecule has 7 nitrogen and oxygen atoms in total. The molecule has 0 aliphatic carbocycles. The first-order valence-corrected chi connectivity index (χ1v) is 9.72. The quantitative estimate of drug-likeness (QED) is 0.771. The van der Waals surface area contributed by atoms with Crippen molar-refractivity contribution in [3.8, 4) is 5.75 Å². The van der Waals surface area contributed by atoms with Gasteiger partial charge in [0.05, 0.1) is 18.1 Å². The average Bonchev–Trinajstić information content (AvgIpc) is 2.59. The first-order chi connectivity index (χ1) is 12.5. The number of benzene rings is 2. The molecule has 8 heteroatoms. The van der Waals surface area contributed by atoms with E-state index in [0.29, 0.717) is 36.8 Å². The van der Waals surface area contributed by atoms with Gasteiger partial charge in [0.25, 0.3) is 5.91 Å². The molecule has 2 N–H and O–H groups in total. The minimum absolute atomic E-state index is 0.0902. The number of amides is 1. The molecule has 0 unspecified atom stereocenters. The number of carbonyl (C=O) groups is 1. The summed E-state index contributed by atoms with van der Waals surface area (Å²) in [6.07, 6.45) is 0.0902. The Kier molecular flexibility index (Phi) is 5.55. The van der Waals surface area contributed by atoms with Crippen LogP contribution in [0.5, 0.6) is 5.75 Å². The van der Waals surface area contributed by atoms with Gasteiger partial charge in [0.15, 0.2) is 0 Å². The third kappa shape index (κ3) is 4.40. The second kappa shape index (κ2) is 7.86. The normalized spacial score (nSPS) is 14.5. The van der Waals surface area contributed by atoms with Gasteiger partial charge >= 0.3 is 0 Å². The third-order valence-corrected chi connectivity index (χ3v) is 5.35. The van der Waals surface area contributed by atoms with Gasteiger partial charge in [0, 0.05) is 17.8 Å². The molecule has 1 aliphatic heterocycles. The van der Waals surface area contributed by atoms with Gasteiger partial charge in [-0.1, -0.05) is 6.92 Å². The summed E-state index contributed by atoms with van der Waals surface area (Å²) >= 11 is 0. The van der Waals surface area contributed by atoms with E-state index in [0.717, 1.165) is 0 Å². The van der Waals surface area contributed by atoms with Gasteiger partial charge in [-0.05, 0) is 48.5 Å². The number of anilines is 1. The van der Waals surface area contributed by atoms with Gasteiger partial charge in [-0.2, -0.15) is 0 Å². The van der Waals surface area contributed by atoms with Gasteiger partial charge in [0.1, 0.15) is 11.9 Å². The van der Waals surface area contributed by atoms with Gasteiger partial charge in [-0.25, -0.2) is 13.1 Å². The lowest BCUT2D eigenvalue weighted by Gasteiger charge is -2.26. The van der Waals surface area contributed by atoms with E-state index in [1.165, 1.54) is 24.3 Å². The zero-order chi connectivity index (χ0) is 18.6. The summed E-state index contributed by atoms with van der Waals surface area (Å²) in [7, 11) is -3.53. The van der Waals surface area contributed by atoms with Crippen LogP contribution in [0.2, 0.25) is 0 Å². The lowest BCUT2D eigenvalue weighted by atomic mass is 10.2. The van der Waals surface area contributed by atoms with Crippen LogP contribution >= 0.6 is 0 Å². The minimum Gasteiger partial charge on any atom is -0.486 e. The third-order valence-electron chi connectivity index (χ3n) is 3.78. The zero-order valence-electron chi connectivity index (χ0n) is 14.3. The van der Waals surface area contributed by atoms with Crippen molar-refractivity contribution < 1.29 is 22.7 Å². The van der Waals surface area contributed by atoms with Crippen LogP contribution in [0, 0.1) is 0 Å². The maximum Gasteiger partial charge on any atom is 0.255 e. The molecule has 0 aromatic heterocycles. The molecule has 0 atom stereocenters. The van der Waals surface area contributed by atoms with Crippen LogP contribution in [0.15, 0.2) is 53.4 Å². The SMILES string of the molecule is CCNS(=O)(=O)c1ccc(C(=O)Nc2ccc(OC3COC3)cc2)cc1. The second-order valence-electron chi connectivity index (χ2n) is 5.78. The van der Waals surface area contributed by atoms with Crippen molar-refractivity contribution in [2.45, 2.75) is 17.9 Å². The van der Waals surface area contributed by atoms with E-state index in [1.807, 2.05) is 0 Å². The molecule has 1 amide bonds. The first-order valence-electron chi connectivity index (χ1n) is 8.23. The average molecular weight is 376 g/mol. The maximum atomic E-state index is 12.3. The predicted molar refractivity (Wildman–Crippen MR) is 96.9 cm³/mol. The molecule has 0 bridgehead atoms. The Hall–Kier alpha value is -2.42. The summed E-state index contributed by atoms with van der Waals surface area (Å²) in [6.45, 7) is 3.20. The maximum absolute atomic E-state index is 12.3. The smallest absolute Gasteiger partial charge is 0.255 e. The van der Waals surface area contributed by atoms with E-state index in [1.54, 1.807) is 31.2 Å². The van der Waals surface area contributed by atoms with Gasteiger partial charge < -0.3 is 14.8 Å². The fraction of sp³-hybridized carbons (Fsp3) is 0.278. The van der Waals surface area contributed by atoms with E-state index in [9.17, 15) is 13.2 Å². The van der Waals surface area contributed by atoms with Crippen molar-refractivity contribution in [1.29, 1.82) is 0 Å². The monoisotopic (exact) mass is 376 g/mol. The number of hydrogen-bond donors (Lipinski definition) is 2. The molecule has 0 spiro atoms. The number of ether oxygens (including phenoxy) is 2. The largest absolute Gasteiger partial charge is 0.486 e. The Morgan fingerprint density at radius 1 is 1.12 bits per heavy atom. The lowest BCUT2D eigenvalue weighted by molar-refractivity contribution is -0.0796. The summed E-state index contributed by atoms with van der Waals surface area (Å²) in [5.74, 6) is 0.396. The minimum atomic E-state index is -3.53. The summed E-state index contributed by atoms with van der Waals surface area (Å²) in [5, 5.41) is 2.77. The number of sulfonamides is 1. The van der Waals surface area contributed by atoms with Crippen molar-refractivity contribution in [1.82, 2.24) is 4.72 Å². The van der Waals surface area contributed by atoms with Crippen molar-refractivity contribution in [2.75, 3.05) is 25.1 Å². The van der Waals surface area contributed by atoms with E-state index < -0.39 is 10.0 Å². The van der Waals surface area contributed by atoms with Crippen molar-refractivity contribution in [3.63, 3.8) is 0 Å². The Morgan fingerprint density at radius 2 is 1.77 bits per heavy atom. The van der Waals surface area contributed by atoms with Crippen molar-refractivity contribution in [3.05, 3.63) is 54.1 Å². The number of carbonyl (C=O) groups excluding carboxylic acids is 1. The summed E-state index contributed by atoms with van der Waals surface area (Å²) in [4.78, 5) is 12.4. The van der Waals surface area contributed by atoms with Crippen molar-refractivity contribution >= 4 is 21.6 Å². The molecule has 3 rings (SSSR count). The summed E-state index contributed by atoms with van der Waals surface area (Å²) in [6, 6.07) is 12.8. The van der Waals surface area contributed by atoms with Crippen molar-refractivity contribution in [2.24, 2.45) is 0 Å². The number of hydrogen-bond acceptors (Lipinski definition) is 5. The molecule has 1 saturated heterocycles. The summed E-state index contributed by atoms with van der Waals surface area (Å²) in [5.41, 5.74) is 0.990.